The largest absolute Gasteiger partial charge is 0.458 e. The molecule has 2 nitrogen and oxygen atoms in total. The Labute approximate surface area is 104 Å². The first-order chi connectivity index (χ1) is 8.24. The maximum Gasteiger partial charge on any atom is 0.303 e. The fraction of sp³-hybridized carbons (Fsp3) is 0.533. The van der Waals surface area contributed by atoms with Gasteiger partial charge in [0, 0.05) is 6.92 Å². The van der Waals surface area contributed by atoms with Gasteiger partial charge in [-0.25, -0.2) is 0 Å². The van der Waals surface area contributed by atoms with Crippen molar-refractivity contribution in [2.75, 3.05) is 0 Å². The number of benzene rings is 1. The third-order valence-electron chi connectivity index (χ3n) is 2.80. The van der Waals surface area contributed by atoms with Crippen molar-refractivity contribution in [3.05, 3.63) is 35.9 Å². The van der Waals surface area contributed by atoms with Crippen LogP contribution >= 0.6 is 0 Å². The fourth-order valence-corrected chi connectivity index (χ4v) is 1.92. The Bertz CT molecular complexity index is 319. The Morgan fingerprint density at radius 2 is 1.88 bits per heavy atom. The predicted octanol–water partition coefficient (Wildman–Crippen LogP) is 4.26. The summed E-state index contributed by atoms with van der Waals surface area (Å²) in [6.45, 7) is 3.67. The van der Waals surface area contributed by atoms with E-state index in [1.165, 1.54) is 26.2 Å². The van der Waals surface area contributed by atoms with Crippen LogP contribution in [0.1, 0.15) is 57.6 Å². The second kappa shape index (κ2) is 7.88. The smallest absolute Gasteiger partial charge is 0.303 e. The topological polar surface area (TPSA) is 26.3 Å². The highest BCUT2D eigenvalue weighted by Crippen LogP contribution is 2.24. The monoisotopic (exact) mass is 234 g/mol. The number of unbranched alkanes of at least 4 members (excludes halogenated alkanes) is 3. The highest BCUT2D eigenvalue weighted by molar-refractivity contribution is 5.66. The van der Waals surface area contributed by atoms with Crippen LogP contribution in [0.3, 0.4) is 0 Å². The van der Waals surface area contributed by atoms with Crippen LogP contribution in [0, 0.1) is 0 Å². The summed E-state index contributed by atoms with van der Waals surface area (Å²) in [6.07, 6.45) is 5.64. The summed E-state index contributed by atoms with van der Waals surface area (Å²) >= 11 is 0. The quantitative estimate of drug-likeness (QED) is 0.520. The van der Waals surface area contributed by atoms with E-state index >= 15 is 0 Å². The van der Waals surface area contributed by atoms with Gasteiger partial charge in [-0.05, 0) is 18.4 Å². The molecule has 0 aliphatic carbocycles. The molecule has 1 aromatic carbocycles. The van der Waals surface area contributed by atoms with Crippen molar-refractivity contribution in [1.82, 2.24) is 0 Å². The van der Waals surface area contributed by atoms with Gasteiger partial charge in [0.2, 0.25) is 0 Å². The number of hydrogen-bond acceptors (Lipinski definition) is 2. The Morgan fingerprint density at radius 1 is 1.18 bits per heavy atom. The normalized spacial score (nSPS) is 12.1. The van der Waals surface area contributed by atoms with Gasteiger partial charge in [-0.1, -0.05) is 56.5 Å². The molecule has 0 N–H and O–H groups in total. The van der Waals surface area contributed by atoms with E-state index in [9.17, 15) is 4.79 Å². The number of carbonyl (C=O) groups is 1. The highest BCUT2D eigenvalue weighted by Gasteiger charge is 2.13. The van der Waals surface area contributed by atoms with E-state index in [-0.39, 0.29) is 12.1 Å². The first kappa shape index (κ1) is 13.8. The summed E-state index contributed by atoms with van der Waals surface area (Å²) in [5.41, 5.74) is 1.10. The lowest BCUT2D eigenvalue weighted by Gasteiger charge is -2.17. The molecule has 0 fully saturated rings. The minimum atomic E-state index is -0.200. The van der Waals surface area contributed by atoms with Gasteiger partial charge in [-0.2, -0.15) is 0 Å². The van der Waals surface area contributed by atoms with Crippen molar-refractivity contribution in [1.29, 1.82) is 0 Å². The first-order valence-electron chi connectivity index (χ1n) is 6.46. The summed E-state index contributed by atoms with van der Waals surface area (Å²) in [5, 5.41) is 0. The number of carbonyl (C=O) groups excluding carboxylic acids is 1. The van der Waals surface area contributed by atoms with Gasteiger partial charge in [-0.3, -0.25) is 4.79 Å². The van der Waals surface area contributed by atoms with E-state index in [0.29, 0.717) is 0 Å². The summed E-state index contributed by atoms with van der Waals surface area (Å²) in [6, 6.07) is 9.99. The summed E-state index contributed by atoms with van der Waals surface area (Å²) in [7, 11) is 0. The van der Waals surface area contributed by atoms with Crippen molar-refractivity contribution in [2.24, 2.45) is 0 Å². The molecule has 1 atom stereocenters. The molecule has 0 radical (unpaired) electrons. The molecule has 0 amide bonds. The van der Waals surface area contributed by atoms with Crippen LogP contribution in [0.25, 0.3) is 0 Å². The van der Waals surface area contributed by atoms with Crippen molar-refractivity contribution < 1.29 is 9.53 Å². The molecule has 0 saturated heterocycles. The van der Waals surface area contributed by atoms with E-state index in [4.69, 9.17) is 4.74 Å². The molecule has 0 spiro atoms. The second-order valence-electron chi connectivity index (χ2n) is 4.36. The Hall–Kier alpha value is -1.31. The van der Waals surface area contributed by atoms with Gasteiger partial charge in [0.15, 0.2) is 0 Å². The average Bonchev–Trinajstić information content (AvgIpc) is 2.34. The molecule has 0 unspecified atom stereocenters. The van der Waals surface area contributed by atoms with E-state index in [0.717, 1.165) is 18.4 Å². The molecule has 0 saturated carbocycles. The van der Waals surface area contributed by atoms with Crippen molar-refractivity contribution in [3.8, 4) is 0 Å². The molecule has 0 bridgehead atoms. The van der Waals surface area contributed by atoms with Crippen LogP contribution in [0.4, 0.5) is 0 Å². The molecule has 17 heavy (non-hydrogen) atoms. The summed E-state index contributed by atoms with van der Waals surface area (Å²) in [5.74, 6) is -0.200. The molecule has 2 heteroatoms. The molecule has 0 aromatic heterocycles. The molecular weight excluding hydrogens is 212 g/mol. The zero-order valence-corrected chi connectivity index (χ0v) is 10.8. The van der Waals surface area contributed by atoms with Crippen LogP contribution < -0.4 is 0 Å². The predicted molar refractivity (Wildman–Crippen MR) is 69.7 cm³/mol. The number of rotatable bonds is 7. The minimum Gasteiger partial charge on any atom is -0.458 e. The molecular formula is C15H22O2. The average molecular weight is 234 g/mol. The van der Waals surface area contributed by atoms with Crippen molar-refractivity contribution >= 4 is 5.97 Å². The van der Waals surface area contributed by atoms with Crippen LogP contribution in [0.5, 0.6) is 0 Å². The summed E-state index contributed by atoms with van der Waals surface area (Å²) < 4.78 is 5.38. The first-order valence-corrected chi connectivity index (χ1v) is 6.46. The van der Waals surface area contributed by atoms with E-state index in [1.54, 1.807) is 0 Å². The Kier molecular flexibility index (Phi) is 6.38. The number of hydrogen-bond donors (Lipinski definition) is 0. The summed E-state index contributed by atoms with van der Waals surface area (Å²) in [4.78, 5) is 11.1. The maximum atomic E-state index is 11.1. The molecule has 0 aliphatic heterocycles. The molecule has 1 rings (SSSR count). The lowest BCUT2D eigenvalue weighted by molar-refractivity contribution is -0.147. The van der Waals surface area contributed by atoms with Crippen LogP contribution in [-0.2, 0) is 9.53 Å². The lowest BCUT2D eigenvalue weighted by Crippen LogP contribution is -2.08. The standard InChI is InChI=1S/C15H22O2/c1-3-4-5-9-12-15(17-13(2)16)14-10-7-6-8-11-14/h6-8,10-11,15H,3-5,9,12H2,1-2H3/t15-/m1/s1. The minimum absolute atomic E-state index is 0.0782. The molecule has 0 heterocycles. The van der Waals surface area contributed by atoms with E-state index in [1.807, 2.05) is 30.3 Å². The van der Waals surface area contributed by atoms with Gasteiger partial charge in [-0.15, -0.1) is 0 Å². The van der Waals surface area contributed by atoms with Crippen LogP contribution in [0.15, 0.2) is 30.3 Å². The second-order valence-corrected chi connectivity index (χ2v) is 4.36. The van der Waals surface area contributed by atoms with Gasteiger partial charge in [0.1, 0.15) is 6.10 Å². The van der Waals surface area contributed by atoms with Gasteiger partial charge >= 0.3 is 5.97 Å². The number of esters is 1. The Balaban J connectivity index is 2.52. The van der Waals surface area contributed by atoms with E-state index < -0.39 is 0 Å². The molecule has 0 aliphatic rings. The van der Waals surface area contributed by atoms with Gasteiger partial charge in [0.25, 0.3) is 0 Å². The third kappa shape index (κ3) is 5.53. The van der Waals surface area contributed by atoms with Crippen molar-refractivity contribution in [3.63, 3.8) is 0 Å². The Morgan fingerprint density at radius 3 is 2.47 bits per heavy atom. The SMILES string of the molecule is CCCCCC[C@@H](OC(C)=O)c1ccccc1. The zero-order chi connectivity index (χ0) is 12.5. The third-order valence-corrected chi connectivity index (χ3v) is 2.80. The van der Waals surface area contributed by atoms with Crippen LogP contribution in [0.2, 0.25) is 0 Å². The molecule has 1 aromatic rings. The maximum absolute atomic E-state index is 11.1. The lowest BCUT2D eigenvalue weighted by atomic mass is 10.0. The van der Waals surface area contributed by atoms with Gasteiger partial charge < -0.3 is 4.74 Å². The molecule has 94 valence electrons. The van der Waals surface area contributed by atoms with Crippen molar-refractivity contribution in [2.45, 2.75) is 52.1 Å². The highest BCUT2D eigenvalue weighted by atomic mass is 16.5. The van der Waals surface area contributed by atoms with Crippen LogP contribution in [-0.4, -0.2) is 5.97 Å². The van der Waals surface area contributed by atoms with E-state index in [2.05, 4.69) is 6.92 Å². The fourth-order valence-electron chi connectivity index (χ4n) is 1.92. The number of ether oxygens (including phenoxy) is 1. The zero-order valence-electron chi connectivity index (χ0n) is 10.8. The van der Waals surface area contributed by atoms with Gasteiger partial charge in [0.05, 0.1) is 0 Å².